The fraction of sp³-hybridized carbons (Fsp3) is 0.692. The van der Waals surface area contributed by atoms with Crippen LogP contribution < -0.4 is 10.2 Å². The summed E-state index contributed by atoms with van der Waals surface area (Å²) in [5.74, 6) is 0.984. The average Bonchev–Trinajstić information content (AvgIpc) is 2.33. The molecule has 0 saturated heterocycles. The fourth-order valence-electron chi connectivity index (χ4n) is 1.75. The van der Waals surface area contributed by atoms with E-state index in [1.807, 2.05) is 12.4 Å². The molecule has 96 valence electrons. The van der Waals surface area contributed by atoms with Crippen LogP contribution in [0.1, 0.15) is 39.8 Å². The highest BCUT2D eigenvalue weighted by Gasteiger charge is 2.11. The maximum absolute atomic E-state index is 4.65. The van der Waals surface area contributed by atoms with Gasteiger partial charge in [-0.2, -0.15) is 0 Å². The van der Waals surface area contributed by atoms with Crippen molar-refractivity contribution in [2.75, 3.05) is 18.0 Å². The predicted molar refractivity (Wildman–Crippen MR) is 72.2 cm³/mol. The Balaban J connectivity index is 2.80. The number of rotatable bonds is 7. The first-order chi connectivity index (χ1) is 8.19. The maximum atomic E-state index is 4.65. The lowest BCUT2D eigenvalue weighted by Crippen LogP contribution is -2.32. The number of hydrogen-bond donors (Lipinski definition) is 1. The number of aromatic nitrogens is 2. The molecule has 0 aliphatic carbocycles. The largest absolute Gasteiger partial charge is 0.353 e. The molecule has 0 atom stereocenters. The van der Waals surface area contributed by atoms with E-state index in [1.54, 1.807) is 0 Å². The van der Waals surface area contributed by atoms with Gasteiger partial charge in [0.15, 0.2) is 0 Å². The molecule has 0 aromatic carbocycles. The SMILES string of the molecule is CCCN(c1cncc(CNCC)n1)C(C)C. The molecule has 0 spiro atoms. The van der Waals surface area contributed by atoms with Gasteiger partial charge in [0.05, 0.1) is 11.9 Å². The lowest BCUT2D eigenvalue weighted by molar-refractivity contribution is 0.651. The van der Waals surface area contributed by atoms with E-state index in [9.17, 15) is 0 Å². The van der Waals surface area contributed by atoms with Crippen molar-refractivity contribution in [2.24, 2.45) is 0 Å². The lowest BCUT2D eigenvalue weighted by atomic mass is 10.3. The zero-order valence-electron chi connectivity index (χ0n) is 11.4. The van der Waals surface area contributed by atoms with E-state index in [4.69, 9.17) is 0 Å². The molecular weight excluding hydrogens is 212 g/mol. The standard InChI is InChI=1S/C13H24N4/c1-5-7-17(11(3)4)13-10-15-9-12(16-13)8-14-6-2/h9-11,14H,5-8H2,1-4H3. The lowest BCUT2D eigenvalue weighted by Gasteiger charge is -2.27. The van der Waals surface area contributed by atoms with Gasteiger partial charge in [0.1, 0.15) is 5.82 Å². The minimum absolute atomic E-state index is 0.457. The highest BCUT2D eigenvalue weighted by Crippen LogP contribution is 2.13. The second-order valence-electron chi connectivity index (χ2n) is 4.44. The van der Waals surface area contributed by atoms with Crippen LogP contribution in [0, 0.1) is 0 Å². The second-order valence-corrected chi connectivity index (χ2v) is 4.44. The summed E-state index contributed by atoms with van der Waals surface area (Å²) in [6, 6.07) is 0.457. The maximum Gasteiger partial charge on any atom is 0.147 e. The van der Waals surface area contributed by atoms with Crippen LogP contribution >= 0.6 is 0 Å². The first kappa shape index (κ1) is 13.9. The van der Waals surface area contributed by atoms with Crippen molar-refractivity contribution in [1.82, 2.24) is 15.3 Å². The molecule has 17 heavy (non-hydrogen) atoms. The van der Waals surface area contributed by atoms with Gasteiger partial charge in [-0.15, -0.1) is 0 Å². The monoisotopic (exact) mass is 236 g/mol. The zero-order valence-corrected chi connectivity index (χ0v) is 11.4. The van der Waals surface area contributed by atoms with Crippen molar-refractivity contribution in [1.29, 1.82) is 0 Å². The number of nitrogens with one attached hydrogen (secondary N) is 1. The van der Waals surface area contributed by atoms with Crippen LogP contribution in [0.25, 0.3) is 0 Å². The van der Waals surface area contributed by atoms with Gasteiger partial charge >= 0.3 is 0 Å². The molecule has 1 heterocycles. The van der Waals surface area contributed by atoms with Crippen LogP contribution in [0.3, 0.4) is 0 Å². The number of nitrogens with zero attached hydrogens (tertiary/aromatic N) is 3. The van der Waals surface area contributed by atoms with Gasteiger partial charge in [-0.3, -0.25) is 4.98 Å². The molecule has 0 bridgehead atoms. The highest BCUT2D eigenvalue weighted by molar-refractivity contribution is 5.37. The molecule has 0 amide bonds. The Bertz CT molecular complexity index is 325. The summed E-state index contributed by atoms with van der Waals surface area (Å²) in [7, 11) is 0. The molecule has 0 fully saturated rings. The first-order valence-corrected chi connectivity index (χ1v) is 6.47. The van der Waals surface area contributed by atoms with Crippen molar-refractivity contribution in [3.63, 3.8) is 0 Å². The normalized spacial score (nSPS) is 10.9. The van der Waals surface area contributed by atoms with Gasteiger partial charge in [0.2, 0.25) is 0 Å². The molecule has 1 aromatic rings. The smallest absolute Gasteiger partial charge is 0.147 e. The van der Waals surface area contributed by atoms with Gasteiger partial charge < -0.3 is 10.2 Å². The molecule has 0 aliphatic heterocycles. The van der Waals surface area contributed by atoms with Gasteiger partial charge in [-0.05, 0) is 26.8 Å². The van der Waals surface area contributed by atoms with Crippen LogP contribution in [0.15, 0.2) is 12.4 Å². The van der Waals surface area contributed by atoms with Gasteiger partial charge in [-0.1, -0.05) is 13.8 Å². The van der Waals surface area contributed by atoms with Crippen molar-refractivity contribution in [3.05, 3.63) is 18.1 Å². The third-order valence-electron chi connectivity index (χ3n) is 2.61. The van der Waals surface area contributed by atoms with Gasteiger partial charge in [-0.25, -0.2) is 4.98 Å². The number of hydrogen-bond acceptors (Lipinski definition) is 4. The van der Waals surface area contributed by atoms with Crippen molar-refractivity contribution >= 4 is 5.82 Å². The van der Waals surface area contributed by atoms with Crippen LogP contribution in [0.2, 0.25) is 0 Å². The Morgan fingerprint density at radius 2 is 2.06 bits per heavy atom. The van der Waals surface area contributed by atoms with Crippen LogP contribution in [-0.2, 0) is 6.54 Å². The molecule has 0 unspecified atom stereocenters. The quantitative estimate of drug-likeness (QED) is 0.788. The summed E-state index contributed by atoms with van der Waals surface area (Å²) >= 11 is 0. The second kappa shape index (κ2) is 7.22. The van der Waals surface area contributed by atoms with E-state index in [0.717, 1.165) is 37.6 Å². The minimum atomic E-state index is 0.457. The molecule has 0 radical (unpaired) electrons. The van der Waals surface area contributed by atoms with E-state index < -0.39 is 0 Å². The summed E-state index contributed by atoms with van der Waals surface area (Å²) < 4.78 is 0. The molecular formula is C13H24N4. The van der Waals surface area contributed by atoms with E-state index in [1.165, 1.54) is 0 Å². The molecule has 1 N–H and O–H groups in total. The topological polar surface area (TPSA) is 41.1 Å². The minimum Gasteiger partial charge on any atom is -0.353 e. The van der Waals surface area contributed by atoms with E-state index in [2.05, 4.69) is 47.9 Å². The Morgan fingerprint density at radius 3 is 2.65 bits per heavy atom. The van der Waals surface area contributed by atoms with Crippen LogP contribution in [-0.4, -0.2) is 29.1 Å². The molecule has 4 nitrogen and oxygen atoms in total. The summed E-state index contributed by atoms with van der Waals surface area (Å²) in [5, 5.41) is 3.27. The Hall–Kier alpha value is -1.16. The van der Waals surface area contributed by atoms with E-state index in [-0.39, 0.29) is 0 Å². The van der Waals surface area contributed by atoms with Gasteiger partial charge in [0.25, 0.3) is 0 Å². The van der Waals surface area contributed by atoms with Gasteiger partial charge in [0, 0.05) is 25.3 Å². The zero-order chi connectivity index (χ0) is 12.7. The average molecular weight is 236 g/mol. The third-order valence-corrected chi connectivity index (χ3v) is 2.61. The third kappa shape index (κ3) is 4.30. The predicted octanol–water partition coefficient (Wildman–Crippen LogP) is 2.21. The van der Waals surface area contributed by atoms with Crippen molar-refractivity contribution in [2.45, 2.75) is 46.7 Å². The van der Waals surface area contributed by atoms with Crippen LogP contribution in [0.4, 0.5) is 5.82 Å². The molecule has 1 rings (SSSR count). The first-order valence-electron chi connectivity index (χ1n) is 6.47. The Kier molecular flexibility index (Phi) is 5.91. The summed E-state index contributed by atoms with van der Waals surface area (Å²) in [6.45, 7) is 11.4. The van der Waals surface area contributed by atoms with E-state index in [0.29, 0.717) is 6.04 Å². The fourth-order valence-corrected chi connectivity index (χ4v) is 1.75. The molecule has 1 aromatic heterocycles. The van der Waals surface area contributed by atoms with Crippen LogP contribution in [0.5, 0.6) is 0 Å². The Labute approximate surface area is 104 Å². The highest BCUT2D eigenvalue weighted by atomic mass is 15.2. The Morgan fingerprint density at radius 1 is 1.29 bits per heavy atom. The molecule has 4 heteroatoms. The number of anilines is 1. The molecule has 0 aliphatic rings. The van der Waals surface area contributed by atoms with Crippen molar-refractivity contribution < 1.29 is 0 Å². The summed E-state index contributed by atoms with van der Waals surface area (Å²) in [5.41, 5.74) is 1.01. The molecule has 0 saturated carbocycles. The summed E-state index contributed by atoms with van der Waals surface area (Å²) in [6.07, 6.45) is 4.80. The van der Waals surface area contributed by atoms with E-state index >= 15 is 0 Å². The van der Waals surface area contributed by atoms with Crippen molar-refractivity contribution in [3.8, 4) is 0 Å². The summed E-state index contributed by atoms with van der Waals surface area (Å²) in [4.78, 5) is 11.2.